The van der Waals surface area contributed by atoms with Crippen LogP contribution in [0.4, 0.5) is 10.5 Å². The highest BCUT2D eigenvalue weighted by molar-refractivity contribution is 7.21. The fourth-order valence-corrected chi connectivity index (χ4v) is 4.48. The summed E-state index contributed by atoms with van der Waals surface area (Å²) in [5.41, 5.74) is 3.28. The molecule has 0 bridgehead atoms. The maximum absolute atomic E-state index is 12.5. The SMILES string of the molecule is COc1c(-c2nc3ccccc3s2)cc(N2CCC(=O)NC2=O)cc1C(C)(C)C. The molecular formula is C22H23N3O3S. The molecule has 1 N–H and O–H groups in total. The van der Waals surface area contributed by atoms with E-state index in [4.69, 9.17) is 9.72 Å². The molecule has 2 aromatic carbocycles. The van der Waals surface area contributed by atoms with Gasteiger partial charge in [-0.1, -0.05) is 32.9 Å². The molecule has 1 fully saturated rings. The van der Waals surface area contributed by atoms with Crippen LogP contribution in [-0.2, 0) is 10.2 Å². The minimum absolute atomic E-state index is 0.213. The lowest BCUT2D eigenvalue weighted by molar-refractivity contribution is -0.120. The van der Waals surface area contributed by atoms with Crippen molar-refractivity contribution in [3.05, 3.63) is 42.0 Å². The summed E-state index contributed by atoms with van der Waals surface area (Å²) >= 11 is 1.59. The second-order valence-electron chi connectivity index (χ2n) is 8.07. The third-order valence-electron chi connectivity index (χ3n) is 4.98. The number of urea groups is 1. The van der Waals surface area contributed by atoms with Crippen LogP contribution in [0.5, 0.6) is 5.75 Å². The van der Waals surface area contributed by atoms with Crippen LogP contribution in [-0.4, -0.2) is 30.6 Å². The summed E-state index contributed by atoms with van der Waals surface area (Å²) in [6, 6.07) is 11.5. The van der Waals surface area contributed by atoms with E-state index in [0.717, 1.165) is 37.8 Å². The van der Waals surface area contributed by atoms with Gasteiger partial charge in [0.15, 0.2) is 0 Å². The van der Waals surface area contributed by atoms with Crippen molar-refractivity contribution in [2.24, 2.45) is 0 Å². The summed E-state index contributed by atoms with van der Waals surface area (Å²) in [6.45, 7) is 6.67. The maximum Gasteiger partial charge on any atom is 0.328 e. The third-order valence-corrected chi connectivity index (χ3v) is 6.05. The molecule has 1 aromatic heterocycles. The molecular weight excluding hydrogens is 386 g/mol. The monoisotopic (exact) mass is 409 g/mol. The van der Waals surface area contributed by atoms with Crippen molar-refractivity contribution in [3.8, 4) is 16.3 Å². The van der Waals surface area contributed by atoms with Crippen molar-refractivity contribution in [3.63, 3.8) is 0 Å². The van der Waals surface area contributed by atoms with E-state index in [-0.39, 0.29) is 17.7 Å². The number of nitrogens with one attached hydrogen (secondary N) is 1. The predicted molar refractivity (Wildman–Crippen MR) is 116 cm³/mol. The molecule has 7 heteroatoms. The number of methoxy groups -OCH3 is 1. The molecule has 0 aliphatic carbocycles. The number of aromatic nitrogens is 1. The van der Waals surface area contributed by atoms with Crippen molar-refractivity contribution in [2.75, 3.05) is 18.6 Å². The molecule has 29 heavy (non-hydrogen) atoms. The quantitative estimate of drug-likeness (QED) is 0.680. The van der Waals surface area contributed by atoms with E-state index < -0.39 is 6.03 Å². The zero-order valence-corrected chi connectivity index (χ0v) is 17.7. The lowest BCUT2D eigenvalue weighted by Gasteiger charge is -2.30. The molecule has 4 rings (SSSR count). The summed E-state index contributed by atoms with van der Waals surface area (Å²) in [6.07, 6.45) is 0.277. The van der Waals surface area contributed by atoms with Gasteiger partial charge in [0.25, 0.3) is 0 Å². The Hall–Kier alpha value is -2.93. The molecule has 0 unspecified atom stereocenters. The zero-order chi connectivity index (χ0) is 20.8. The number of carbonyl (C=O) groups is 2. The Morgan fingerprint density at radius 3 is 2.59 bits per heavy atom. The summed E-state index contributed by atoms with van der Waals surface area (Å²) in [7, 11) is 1.66. The van der Waals surface area contributed by atoms with Crippen LogP contribution < -0.4 is 15.0 Å². The van der Waals surface area contributed by atoms with Gasteiger partial charge in [0.1, 0.15) is 10.8 Å². The molecule has 0 saturated carbocycles. The van der Waals surface area contributed by atoms with Crippen molar-refractivity contribution in [2.45, 2.75) is 32.6 Å². The molecule has 3 amide bonds. The van der Waals surface area contributed by atoms with Crippen molar-refractivity contribution >= 4 is 39.2 Å². The lowest BCUT2D eigenvalue weighted by Crippen LogP contribution is -2.49. The number of carbonyl (C=O) groups excluding carboxylic acids is 2. The van der Waals surface area contributed by atoms with Gasteiger partial charge in [-0.05, 0) is 29.7 Å². The topological polar surface area (TPSA) is 71.5 Å². The molecule has 1 aliphatic rings. The molecule has 3 aromatic rings. The van der Waals surface area contributed by atoms with Crippen LogP contribution in [0.3, 0.4) is 0 Å². The van der Waals surface area contributed by atoms with E-state index in [1.807, 2.05) is 36.4 Å². The first-order chi connectivity index (χ1) is 13.8. The fourth-order valence-electron chi connectivity index (χ4n) is 3.50. The minimum Gasteiger partial charge on any atom is -0.496 e. The van der Waals surface area contributed by atoms with Gasteiger partial charge < -0.3 is 4.74 Å². The Morgan fingerprint density at radius 1 is 1.17 bits per heavy atom. The van der Waals surface area contributed by atoms with Gasteiger partial charge in [0.05, 0.1) is 22.9 Å². The number of imide groups is 1. The number of anilines is 1. The highest BCUT2D eigenvalue weighted by atomic mass is 32.1. The maximum atomic E-state index is 12.5. The van der Waals surface area contributed by atoms with Gasteiger partial charge in [0, 0.05) is 24.2 Å². The van der Waals surface area contributed by atoms with E-state index in [1.54, 1.807) is 23.3 Å². The minimum atomic E-state index is -0.401. The number of fused-ring (bicyclic) bond motifs is 1. The Kier molecular flexibility index (Phi) is 4.78. The summed E-state index contributed by atoms with van der Waals surface area (Å²) in [4.78, 5) is 30.4. The normalized spacial score (nSPS) is 15.0. The smallest absolute Gasteiger partial charge is 0.328 e. The van der Waals surface area contributed by atoms with E-state index in [0.29, 0.717) is 6.54 Å². The first-order valence-electron chi connectivity index (χ1n) is 9.48. The van der Waals surface area contributed by atoms with Crippen LogP contribution in [0.2, 0.25) is 0 Å². The van der Waals surface area contributed by atoms with Crippen LogP contribution in [0.15, 0.2) is 36.4 Å². The van der Waals surface area contributed by atoms with Crippen LogP contribution in [0, 0.1) is 0 Å². The fraction of sp³-hybridized carbons (Fsp3) is 0.318. The van der Waals surface area contributed by atoms with Gasteiger partial charge in [-0.2, -0.15) is 0 Å². The number of benzene rings is 2. The number of hydrogen-bond acceptors (Lipinski definition) is 5. The number of ether oxygens (including phenoxy) is 1. The third kappa shape index (κ3) is 3.58. The standard InChI is InChI=1S/C22H23N3O3S/c1-22(2,3)15-12-13(25-10-9-18(26)24-21(25)27)11-14(19(15)28-4)20-23-16-7-5-6-8-17(16)29-20/h5-8,11-12H,9-10H2,1-4H3,(H,24,26,27). The molecule has 0 radical (unpaired) electrons. The zero-order valence-electron chi connectivity index (χ0n) is 16.9. The number of amides is 3. The highest BCUT2D eigenvalue weighted by Crippen LogP contribution is 2.44. The van der Waals surface area contributed by atoms with Gasteiger partial charge in [-0.25, -0.2) is 9.78 Å². The molecule has 2 heterocycles. The Bertz CT molecular complexity index is 1080. The molecule has 6 nitrogen and oxygen atoms in total. The number of hydrogen-bond donors (Lipinski definition) is 1. The summed E-state index contributed by atoms with van der Waals surface area (Å²) in [5.74, 6) is 0.510. The Morgan fingerprint density at radius 2 is 1.93 bits per heavy atom. The first-order valence-corrected chi connectivity index (χ1v) is 10.3. The molecule has 150 valence electrons. The van der Waals surface area contributed by atoms with Crippen LogP contribution in [0.1, 0.15) is 32.8 Å². The van der Waals surface area contributed by atoms with Gasteiger partial charge >= 0.3 is 6.03 Å². The van der Waals surface area contributed by atoms with Gasteiger partial charge in [-0.15, -0.1) is 11.3 Å². The Balaban J connectivity index is 1.93. The van der Waals surface area contributed by atoms with Crippen molar-refractivity contribution in [1.29, 1.82) is 0 Å². The van der Waals surface area contributed by atoms with Crippen LogP contribution >= 0.6 is 11.3 Å². The average molecular weight is 410 g/mol. The average Bonchev–Trinajstić information content (AvgIpc) is 3.10. The first kappa shape index (κ1) is 19.4. The molecule has 0 spiro atoms. The second-order valence-corrected chi connectivity index (χ2v) is 9.10. The number of nitrogens with zero attached hydrogens (tertiary/aromatic N) is 2. The highest BCUT2D eigenvalue weighted by Gasteiger charge is 2.29. The van der Waals surface area contributed by atoms with Gasteiger partial charge in [-0.3, -0.25) is 15.0 Å². The molecule has 1 aliphatic heterocycles. The van der Waals surface area contributed by atoms with Crippen molar-refractivity contribution < 1.29 is 14.3 Å². The molecule has 1 saturated heterocycles. The van der Waals surface area contributed by atoms with Gasteiger partial charge in [0.2, 0.25) is 5.91 Å². The number of para-hydroxylation sites is 1. The van der Waals surface area contributed by atoms with E-state index in [1.165, 1.54) is 0 Å². The largest absolute Gasteiger partial charge is 0.496 e. The molecule has 0 atom stereocenters. The number of thiazole rings is 1. The van der Waals surface area contributed by atoms with Crippen LogP contribution in [0.25, 0.3) is 20.8 Å². The van der Waals surface area contributed by atoms with E-state index in [2.05, 4.69) is 26.1 Å². The van der Waals surface area contributed by atoms with E-state index >= 15 is 0 Å². The number of rotatable bonds is 3. The summed E-state index contributed by atoms with van der Waals surface area (Å²) in [5, 5.41) is 3.24. The van der Waals surface area contributed by atoms with Crippen molar-refractivity contribution in [1.82, 2.24) is 10.3 Å². The second kappa shape index (κ2) is 7.15. The Labute approximate surface area is 173 Å². The lowest BCUT2D eigenvalue weighted by atomic mass is 9.84. The predicted octanol–water partition coefficient (Wildman–Crippen LogP) is 4.72. The van der Waals surface area contributed by atoms with E-state index in [9.17, 15) is 9.59 Å². The summed E-state index contributed by atoms with van der Waals surface area (Å²) < 4.78 is 6.92.